The Morgan fingerprint density at radius 2 is 2.07 bits per heavy atom. The van der Waals surface area contributed by atoms with Crippen LogP contribution in [-0.2, 0) is 0 Å². The maximum absolute atomic E-state index is 11.1. The summed E-state index contributed by atoms with van der Waals surface area (Å²) in [4.78, 5) is 12.6. The maximum atomic E-state index is 11.1. The van der Waals surface area contributed by atoms with E-state index in [4.69, 9.17) is 10.2 Å². The zero-order chi connectivity index (χ0) is 11.6. The van der Waals surface area contributed by atoms with Gasteiger partial charge in [-0.3, -0.25) is 0 Å². The number of hydrogen-bond donors (Lipinski definition) is 2. The predicted molar refractivity (Wildman–Crippen MR) is 57.8 cm³/mol. The lowest BCUT2D eigenvalue weighted by Crippen LogP contribution is -2.45. The molecule has 0 aliphatic carbocycles. The molecule has 1 amide bonds. The van der Waals surface area contributed by atoms with Crippen molar-refractivity contribution >= 4 is 6.09 Å². The molecule has 15 heavy (non-hydrogen) atoms. The monoisotopic (exact) mass is 215 g/mol. The van der Waals surface area contributed by atoms with Crippen LogP contribution in [0.3, 0.4) is 0 Å². The molecule has 2 N–H and O–H groups in total. The van der Waals surface area contributed by atoms with Gasteiger partial charge in [-0.1, -0.05) is 20.8 Å². The van der Waals surface area contributed by atoms with E-state index < -0.39 is 6.09 Å². The molecule has 0 aromatic heterocycles. The van der Waals surface area contributed by atoms with Gasteiger partial charge in [-0.25, -0.2) is 4.79 Å². The van der Waals surface area contributed by atoms with Crippen LogP contribution >= 0.6 is 0 Å². The Morgan fingerprint density at radius 1 is 1.47 bits per heavy atom. The second-order valence-corrected chi connectivity index (χ2v) is 5.35. The van der Waals surface area contributed by atoms with Gasteiger partial charge in [0, 0.05) is 19.2 Å². The van der Waals surface area contributed by atoms with Crippen molar-refractivity contribution in [3.8, 4) is 0 Å². The first kappa shape index (κ1) is 12.3. The SMILES string of the molecule is CC(C)(C)[C@H]1C(CCO)CCN1C(=O)O. The summed E-state index contributed by atoms with van der Waals surface area (Å²) in [7, 11) is 0. The highest BCUT2D eigenvalue weighted by Crippen LogP contribution is 2.38. The molecule has 1 aliphatic heterocycles. The number of rotatable bonds is 2. The lowest BCUT2D eigenvalue weighted by molar-refractivity contribution is 0.0848. The van der Waals surface area contributed by atoms with Gasteiger partial charge < -0.3 is 15.1 Å². The molecule has 2 atom stereocenters. The first-order chi connectivity index (χ1) is 6.88. The summed E-state index contributed by atoms with van der Waals surface area (Å²) < 4.78 is 0. The Kier molecular flexibility index (Phi) is 3.60. The molecule has 0 spiro atoms. The average Bonchev–Trinajstić information content (AvgIpc) is 2.47. The molecule has 0 saturated carbocycles. The van der Waals surface area contributed by atoms with Gasteiger partial charge in [-0.05, 0) is 24.2 Å². The van der Waals surface area contributed by atoms with E-state index in [1.807, 2.05) is 0 Å². The number of carboxylic acid groups (broad SMARTS) is 1. The summed E-state index contributed by atoms with van der Waals surface area (Å²) in [5, 5.41) is 18.1. The second kappa shape index (κ2) is 4.39. The number of amides is 1. The minimum absolute atomic E-state index is 0.0298. The van der Waals surface area contributed by atoms with E-state index in [2.05, 4.69) is 20.8 Å². The second-order valence-electron chi connectivity index (χ2n) is 5.35. The summed E-state index contributed by atoms with van der Waals surface area (Å²) in [5.74, 6) is 0.297. The Balaban J connectivity index is 2.83. The Hall–Kier alpha value is -0.770. The Bertz CT molecular complexity index is 234. The molecule has 4 heteroatoms. The van der Waals surface area contributed by atoms with Crippen molar-refractivity contribution in [3.63, 3.8) is 0 Å². The molecule has 0 aromatic carbocycles. The van der Waals surface area contributed by atoms with Crippen LogP contribution in [0.5, 0.6) is 0 Å². The first-order valence-corrected chi connectivity index (χ1v) is 5.48. The molecule has 1 saturated heterocycles. The fraction of sp³-hybridized carbons (Fsp3) is 0.909. The highest BCUT2D eigenvalue weighted by Gasteiger charge is 2.43. The van der Waals surface area contributed by atoms with Crippen molar-refractivity contribution in [2.75, 3.05) is 13.2 Å². The van der Waals surface area contributed by atoms with Crippen LogP contribution in [0.25, 0.3) is 0 Å². The third kappa shape index (κ3) is 2.62. The van der Waals surface area contributed by atoms with Crippen LogP contribution in [0.2, 0.25) is 0 Å². The number of hydrogen-bond acceptors (Lipinski definition) is 2. The van der Waals surface area contributed by atoms with E-state index in [9.17, 15) is 4.79 Å². The first-order valence-electron chi connectivity index (χ1n) is 5.48. The number of carbonyl (C=O) groups is 1. The third-order valence-corrected chi connectivity index (χ3v) is 3.16. The molecule has 1 aliphatic rings. The molecule has 0 aromatic rings. The quantitative estimate of drug-likeness (QED) is 0.738. The molecule has 1 fully saturated rings. The molecular weight excluding hydrogens is 194 g/mol. The van der Waals surface area contributed by atoms with Gasteiger partial charge in [0.15, 0.2) is 0 Å². The summed E-state index contributed by atoms with van der Waals surface area (Å²) >= 11 is 0. The van der Waals surface area contributed by atoms with Gasteiger partial charge in [-0.15, -0.1) is 0 Å². The average molecular weight is 215 g/mol. The fourth-order valence-electron chi connectivity index (χ4n) is 2.71. The van der Waals surface area contributed by atoms with E-state index in [1.54, 1.807) is 0 Å². The van der Waals surface area contributed by atoms with Crippen molar-refractivity contribution in [3.05, 3.63) is 0 Å². The number of aliphatic hydroxyl groups excluding tert-OH is 1. The minimum atomic E-state index is -0.838. The van der Waals surface area contributed by atoms with E-state index in [-0.39, 0.29) is 18.1 Å². The minimum Gasteiger partial charge on any atom is -0.465 e. The van der Waals surface area contributed by atoms with Gasteiger partial charge >= 0.3 is 6.09 Å². The number of nitrogens with zero attached hydrogens (tertiary/aromatic N) is 1. The summed E-state index contributed by atoms with van der Waals surface area (Å²) in [5.41, 5.74) is -0.0608. The maximum Gasteiger partial charge on any atom is 0.407 e. The van der Waals surface area contributed by atoms with Gasteiger partial charge in [0.1, 0.15) is 0 Å². The van der Waals surface area contributed by atoms with Gasteiger partial charge in [0.05, 0.1) is 0 Å². The highest BCUT2D eigenvalue weighted by molar-refractivity contribution is 5.66. The van der Waals surface area contributed by atoms with Crippen LogP contribution in [0.4, 0.5) is 4.79 Å². The molecule has 1 rings (SSSR count). The van der Waals surface area contributed by atoms with Gasteiger partial charge in [0.2, 0.25) is 0 Å². The lowest BCUT2D eigenvalue weighted by Gasteiger charge is -2.37. The number of aliphatic hydroxyl groups is 1. The summed E-state index contributed by atoms with van der Waals surface area (Å²) in [6.07, 6.45) is 0.732. The fourth-order valence-corrected chi connectivity index (χ4v) is 2.71. The molecule has 0 radical (unpaired) electrons. The topological polar surface area (TPSA) is 60.8 Å². The van der Waals surface area contributed by atoms with Crippen LogP contribution in [0.15, 0.2) is 0 Å². The molecule has 1 unspecified atom stereocenters. The van der Waals surface area contributed by atoms with E-state index in [1.165, 1.54) is 4.90 Å². The lowest BCUT2D eigenvalue weighted by atomic mass is 9.78. The van der Waals surface area contributed by atoms with E-state index in [0.29, 0.717) is 18.9 Å². The van der Waals surface area contributed by atoms with Crippen molar-refractivity contribution < 1.29 is 15.0 Å². The van der Waals surface area contributed by atoms with Crippen molar-refractivity contribution in [1.29, 1.82) is 0 Å². The molecule has 0 bridgehead atoms. The molecule has 4 nitrogen and oxygen atoms in total. The van der Waals surface area contributed by atoms with Crippen molar-refractivity contribution in [2.45, 2.75) is 39.7 Å². The van der Waals surface area contributed by atoms with Crippen LogP contribution in [0, 0.1) is 11.3 Å². The van der Waals surface area contributed by atoms with Crippen LogP contribution in [-0.4, -0.2) is 40.4 Å². The Labute approximate surface area is 90.9 Å². The number of likely N-dealkylation sites (tertiary alicyclic amines) is 1. The zero-order valence-corrected chi connectivity index (χ0v) is 9.73. The zero-order valence-electron chi connectivity index (χ0n) is 9.73. The normalized spacial score (nSPS) is 27.1. The predicted octanol–water partition coefficient (Wildman–Crippen LogP) is 1.78. The standard InChI is InChI=1S/C11H21NO3/c1-11(2,3)9-8(5-7-13)4-6-12(9)10(14)15/h8-9,13H,4-7H2,1-3H3,(H,14,15)/t8?,9-/m1/s1. The van der Waals surface area contributed by atoms with Crippen molar-refractivity contribution in [2.24, 2.45) is 11.3 Å². The van der Waals surface area contributed by atoms with Crippen LogP contribution < -0.4 is 0 Å². The van der Waals surface area contributed by atoms with Gasteiger partial charge in [0.25, 0.3) is 0 Å². The summed E-state index contributed by atoms with van der Waals surface area (Å²) in [6.45, 7) is 6.92. The van der Waals surface area contributed by atoms with Gasteiger partial charge in [-0.2, -0.15) is 0 Å². The largest absolute Gasteiger partial charge is 0.465 e. The highest BCUT2D eigenvalue weighted by atomic mass is 16.4. The molecular formula is C11H21NO3. The smallest absolute Gasteiger partial charge is 0.407 e. The van der Waals surface area contributed by atoms with E-state index in [0.717, 1.165) is 6.42 Å². The van der Waals surface area contributed by atoms with Crippen molar-refractivity contribution in [1.82, 2.24) is 4.90 Å². The van der Waals surface area contributed by atoms with E-state index >= 15 is 0 Å². The summed E-state index contributed by atoms with van der Waals surface area (Å²) in [6, 6.07) is 0.0298. The third-order valence-electron chi connectivity index (χ3n) is 3.16. The molecule has 1 heterocycles. The Morgan fingerprint density at radius 3 is 2.47 bits per heavy atom. The van der Waals surface area contributed by atoms with Crippen LogP contribution in [0.1, 0.15) is 33.6 Å². The molecule has 88 valence electrons.